The van der Waals surface area contributed by atoms with E-state index in [9.17, 15) is 0 Å². The van der Waals surface area contributed by atoms with Gasteiger partial charge in [-0.05, 0) is 54.5 Å². The molecule has 252 valence electrons. The van der Waals surface area contributed by atoms with E-state index in [1.54, 1.807) is 21.9 Å². The van der Waals surface area contributed by atoms with Gasteiger partial charge in [-0.25, -0.2) is 0 Å². The second-order valence-electron chi connectivity index (χ2n) is 20.9. The molecule has 0 aliphatic carbocycles. The smallest absolute Gasteiger partial charge is 0.252 e. The molecule has 0 radical (unpaired) electrons. The molecule has 0 amide bonds. The zero-order chi connectivity index (χ0) is 34.8. The molecular weight excluding hydrogens is 657 g/mol. The first-order valence-electron chi connectivity index (χ1n) is 17.6. The topological polar surface area (TPSA) is 9.23 Å². The first kappa shape index (κ1) is 39.1. The summed E-state index contributed by atoms with van der Waals surface area (Å²) < 4.78 is 7.12. The maximum atomic E-state index is 7.12. The maximum absolute atomic E-state index is 7.12. The molecule has 1 heterocycles. The van der Waals surface area contributed by atoms with Crippen LogP contribution in [0.5, 0.6) is 0 Å². The Morgan fingerprint density at radius 1 is 0.556 bits per heavy atom. The minimum absolute atomic E-state index is 0.677. The molecule has 2 aromatic rings. The molecule has 1 aliphatic rings. The molecular formula is C37H70OSi7. The van der Waals surface area contributed by atoms with E-state index >= 15 is 0 Å². The average molecular weight is 728 g/mol. The number of hydrogen-bond acceptors (Lipinski definition) is 1. The SMILES string of the molecule is CO[Si]1(c2c(C([Si](C)(C)C)[Si](C)(C)C)cc(C([Si](C)(C)C)[Si](C)(C)C)cc2C([Si](C)(C)C)[Si](C)(C)C)C=Cc2ccccc2C1. The van der Waals surface area contributed by atoms with Crippen molar-refractivity contribution in [2.75, 3.05) is 7.11 Å². The summed E-state index contributed by atoms with van der Waals surface area (Å²) in [6, 6.07) is 15.9. The molecule has 0 saturated carbocycles. The summed E-state index contributed by atoms with van der Waals surface area (Å²) in [5, 5.41) is 3.80. The highest BCUT2D eigenvalue weighted by Crippen LogP contribution is 2.45. The standard InChI is InChI=1S/C37H70OSi7/c1-38-45(25-24-29-22-20-21-23-30(29)28-45)34-32(36(41(8,9)10)42(11,12)13)26-31(35(39(2,3)4)40(5,6)7)27-33(34)37(43(14,15)16)44(17,18)19/h20-27,35-37H,28H2,1-19H3. The van der Waals surface area contributed by atoms with Gasteiger partial charge in [-0.15, -0.1) is 0 Å². The van der Waals surface area contributed by atoms with Gasteiger partial charge in [0.2, 0.25) is 0 Å². The Kier molecular flexibility index (Phi) is 11.2. The Labute approximate surface area is 287 Å². The predicted molar refractivity (Wildman–Crippen MR) is 226 cm³/mol. The van der Waals surface area contributed by atoms with Gasteiger partial charge in [0, 0.05) is 55.6 Å². The lowest BCUT2D eigenvalue weighted by Crippen LogP contribution is -2.61. The van der Waals surface area contributed by atoms with Crippen LogP contribution in [-0.2, 0) is 10.5 Å². The fraction of sp³-hybridized carbons (Fsp3) is 0.622. The van der Waals surface area contributed by atoms with Gasteiger partial charge in [0.25, 0.3) is 8.32 Å². The number of rotatable bonds is 11. The van der Waals surface area contributed by atoms with Crippen molar-refractivity contribution < 1.29 is 4.43 Å². The van der Waals surface area contributed by atoms with Crippen molar-refractivity contribution in [2.24, 2.45) is 0 Å². The fourth-order valence-electron chi connectivity index (χ4n) is 10.4. The van der Waals surface area contributed by atoms with Gasteiger partial charge >= 0.3 is 0 Å². The largest absolute Gasteiger partial charge is 0.411 e. The Bertz CT molecular complexity index is 1290. The summed E-state index contributed by atoms with van der Waals surface area (Å²) in [5.74, 6) is 0. The van der Waals surface area contributed by atoms with Gasteiger partial charge < -0.3 is 4.43 Å². The van der Waals surface area contributed by atoms with Gasteiger partial charge in [0.05, 0.1) is 0 Å². The predicted octanol–water partition coefficient (Wildman–Crippen LogP) is 11.3. The maximum Gasteiger partial charge on any atom is 0.252 e. The molecule has 1 aliphatic heterocycles. The van der Waals surface area contributed by atoms with Crippen molar-refractivity contribution in [1.82, 2.24) is 0 Å². The molecule has 45 heavy (non-hydrogen) atoms. The third-order valence-corrected chi connectivity index (χ3v) is 41.9. The first-order chi connectivity index (χ1) is 20.1. The van der Waals surface area contributed by atoms with E-state index in [2.05, 4.69) is 173 Å². The van der Waals surface area contributed by atoms with Crippen LogP contribution in [0.25, 0.3) is 6.08 Å². The van der Waals surface area contributed by atoms with Crippen LogP contribution >= 0.6 is 0 Å². The Balaban J connectivity index is 2.73. The summed E-state index contributed by atoms with van der Waals surface area (Å²) in [6.07, 6.45) is 2.44. The molecule has 3 rings (SSSR count). The molecule has 8 heteroatoms. The van der Waals surface area contributed by atoms with E-state index in [0.29, 0.717) is 10.3 Å². The Morgan fingerprint density at radius 2 is 0.933 bits per heavy atom. The molecule has 1 atom stereocenters. The highest BCUT2D eigenvalue weighted by atomic mass is 28.4. The lowest BCUT2D eigenvalue weighted by Gasteiger charge is -2.48. The van der Waals surface area contributed by atoms with Gasteiger partial charge in [0.15, 0.2) is 0 Å². The van der Waals surface area contributed by atoms with E-state index in [1.807, 2.05) is 0 Å². The fourth-order valence-corrected chi connectivity index (χ4v) is 52.8. The average Bonchev–Trinajstić information content (AvgIpc) is 2.78. The van der Waals surface area contributed by atoms with Crippen LogP contribution in [0.4, 0.5) is 0 Å². The summed E-state index contributed by atoms with van der Waals surface area (Å²) in [6.45, 7) is 47.9. The third-order valence-electron chi connectivity index (χ3n) is 10.2. The molecule has 0 aromatic heterocycles. The van der Waals surface area contributed by atoms with Crippen LogP contribution in [0.15, 0.2) is 42.1 Å². The number of benzene rings is 2. The molecule has 0 bridgehead atoms. The van der Waals surface area contributed by atoms with E-state index < -0.39 is 56.8 Å². The summed E-state index contributed by atoms with van der Waals surface area (Å²) in [4.78, 5) is 0. The number of fused-ring (bicyclic) bond motifs is 1. The van der Waals surface area contributed by atoms with Crippen molar-refractivity contribution in [1.29, 1.82) is 0 Å². The lowest BCUT2D eigenvalue weighted by molar-refractivity contribution is 0.413. The quantitative estimate of drug-likeness (QED) is 0.210. The van der Waals surface area contributed by atoms with Crippen molar-refractivity contribution in [2.45, 2.75) is 139 Å². The minimum Gasteiger partial charge on any atom is -0.411 e. The highest BCUT2D eigenvalue weighted by molar-refractivity contribution is 7.00. The summed E-state index contributed by atoms with van der Waals surface area (Å²) in [5.41, 5.74) is 10.7. The molecule has 0 N–H and O–H groups in total. The Hall–Kier alpha value is -0.342. The van der Waals surface area contributed by atoms with Crippen LogP contribution in [0.3, 0.4) is 0 Å². The van der Waals surface area contributed by atoms with Gasteiger partial charge in [-0.1, -0.05) is 166 Å². The van der Waals surface area contributed by atoms with Crippen LogP contribution in [0.1, 0.15) is 43.3 Å². The number of hydrogen-bond donors (Lipinski definition) is 0. The van der Waals surface area contributed by atoms with E-state index in [0.717, 1.165) is 11.2 Å². The summed E-state index contributed by atoms with van der Waals surface area (Å²) >= 11 is 0. The third kappa shape index (κ3) is 8.46. The van der Waals surface area contributed by atoms with Gasteiger partial charge in [-0.2, -0.15) is 0 Å². The second kappa shape index (κ2) is 12.8. The minimum atomic E-state index is -2.53. The highest BCUT2D eigenvalue weighted by Gasteiger charge is 2.51. The van der Waals surface area contributed by atoms with Crippen molar-refractivity contribution in [3.8, 4) is 0 Å². The van der Waals surface area contributed by atoms with Crippen molar-refractivity contribution in [3.63, 3.8) is 0 Å². The van der Waals surface area contributed by atoms with E-state index in [-0.39, 0.29) is 0 Å². The zero-order valence-electron chi connectivity index (χ0n) is 33.0. The van der Waals surface area contributed by atoms with Gasteiger partial charge in [0.1, 0.15) is 0 Å². The molecule has 0 spiro atoms. The molecule has 0 fully saturated rings. The van der Waals surface area contributed by atoms with E-state index in [4.69, 9.17) is 4.43 Å². The summed E-state index contributed by atoms with van der Waals surface area (Å²) in [7, 11) is -10.0. The molecule has 2 aromatic carbocycles. The Morgan fingerprint density at radius 3 is 1.29 bits per heavy atom. The molecule has 1 nitrogen and oxygen atoms in total. The van der Waals surface area contributed by atoms with Crippen LogP contribution < -0.4 is 5.19 Å². The van der Waals surface area contributed by atoms with Crippen molar-refractivity contribution in [3.05, 3.63) is 69.9 Å². The van der Waals surface area contributed by atoms with Crippen LogP contribution in [0.2, 0.25) is 118 Å². The van der Waals surface area contributed by atoms with Crippen molar-refractivity contribution >= 4 is 68.0 Å². The van der Waals surface area contributed by atoms with Crippen LogP contribution in [-0.4, -0.2) is 63.9 Å². The lowest BCUT2D eigenvalue weighted by atomic mass is 10.1. The molecule has 1 unspecified atom stereocenters. The first-order valence-corrected chi connectivity index (χ1v) is 41.2. The van der Waals surface area contributed by atoms with Gasteiger partial charge in [-0.3, -0.25) is 0 Å². The normalized spacial score (nSPS) is 18.7. The monoisotopic (exact) mass is 726 g/mol. The molecule has 0 saturated heterocycles. The second-order valence-corrected chi connectivity index (χ2v) is 57.8. The zero-order valence-corrected chi connectivity index (χ0v) is 40.0. The van der Waals surface area contributed by atoms with E-state index in [1.165, 1.54) is 11.1 Å². The van der Waals surface area contributed by atoms with Crippen LogP contribution in [0, 0.1) is 0 Å².